The van der Waals surface area contributed by atoms with Gasteiger partial charge in [0.05, 0.1) is 5.69 Å². The highest BCUT2D eigenvalue weighted by molar-refractivity contribution is 6.07. The number of carbonyl (C=O) groups excluding carboxylic acids is 2. The van der Waals surface area contributed by atoms with Gasteiger partial charge in [0.25, 0.3) is 11.8 Å². The van der Waals surface area contributed by atoms with Crippen LogP contribution >= 0.6 is 0 Å². The molecule has 3 aromatic rings. The number of amides is 2. The average molecular weight is 331 g/mol. The predicted molar refractivity (Wildman–Crippen MR) is 98.3 cm³/mol. The van der Waals surface area contributed by atoms with Crippen molar-refractivity contribution in [2.45, 2.75) is 0 Å². The van der Waals surface area contributed by atoms with E-state index in [1.165, 1.54) is 0 Å². The summed E-state index contributed by atoms with van der Waals surface area (Å²) >= 11 is 0. The monoisotopic (exact) mass is 331 g/mol. The zero-order chi connectivity index (χ0) is 17.6. The lowest BCUT2D eigenvalue weighted by Gasteiger charge is -2.16. The highest BCUT2D eigenvalue weighted by Gasteiger charge is 2.15. The zero-order valence-electron chi connectivity index (χ0n) is 13.4. The Bertz CT molecular complexity index is 862. The molecule has 0 aliphatic rings. The highest BCUT2D eigenvalue weighted by Crippen LogP contribution is 2.15. The van der Waals surface area contributed by atoms with Gasteiger partial charge in [-0.2, -0.15) is 0 Å². The number of para-hydroxylation sites is 2. The third-order valence-electron chi connectivity index (χ3n) is 3.68. The van der Waals surface area contributed by atoms with Crippen molar-refractivity contribution in [3.05, 3.63) is 96.1 Å². The number of hydrazine groups is 1. The number of hydrogen-bond donors (Lipinski definition) is 2. The van der Waals surface area contributed by atoms with E-state index in [0.29, 0.717) is 22.5 Å². The molecule has 25 heavy (non-hydrogen) atoms. The quantitative estimate of drug-likeness (QED) is 0.437. The van der Waals surface area contributed by atoms with E-state index < -0.39 is 0 Å². The van der Waals surface area contributed by atoms with E-state index in [4.69, 9.17) is 5.84 Å². The van der Waals surface area contributed by atoms with E-state index in [2.05, 4.69) is 5.32 Å². The van der Waals surface area contributed by atoms with Crippen LogP contribution in [0.15, 0.2) is 84.9 Å². The van der Waals surface area contributed by atoms with Gasteiger partial charge in [-0.1, -0.05) is 36.4 Å². The van der Waals surface area contributed by atoms with Gasteiger partial charge in [-0.05, 0) is 48.5 Å². The lowest BCUT2D eigenvalue weighted by atomic mass is 10.1. The number of anilines is 2. The van der Waals surface area contributed by atoms with E-state index >= 15 is 0 Å². The summed E-state index contributed by atoms with van der Waals surface area (Å²) in [6, 6.07) is 24.5. The molecule has 0 aromatic heterocycles. The van der Waals surface area contributed by atoms with Crippen molar-refractivity contribution in [2.75, 3.05) is 10.3 Å². The third-order valence-corrected chi connectivity index (χ3v) is 3.68. The molecular formula is C20H17N3O2. The molecule has 2 amide bonds. The number of nitrogens with zero attached hydrogens (tertiary/aromatic N) is 1. The number of benzene rings is 3. The fourth-order valence-corrected chi connectivity index (χ4v) is 2.33. The van der Waals surface area contributed by atoms with Crippen LogP contribution in [0.4, 0.5) is 11.4 Å². The van der Waals surface area contributed by atoms with Gasteiger partial charge in [0.2, 0.25) is 0 Å². The summed E-state index contributed by atoms with van der Waals surface area (Å²) in [4.78, 5) is 24.6. The first-order valence-corrected chi connectivity index (χ1v) is 7.76. The number of nitrogens with two attached hydrogens (primary N) is 1. The molecule has 0 spiro atoms. The molecule has 3 aromatic carbocycles. The van der Waals surface area contributed by atoms with Crippen LogP contribution in [0.25, 0.3) is 0 Å². The normalized spacial score (nSPS) is 10.1. The van der Waals surface area contributed by atoms with Gasteiger partial charge < -0.3 is 5.32 Å². The minimum Gasteiger partial charge on any atom is -0.322 e. The molecule has 0 fully saturated rings. The fraction of sp³-hybridized carbons (Fsp3) is 0. The summed E-state index contributed by atoms with van der Waals surface area (Å²) in [5, 5.41) is 3.88. The summed E-state index contributed by atoms with van der Waals surface area (Å²) in [5.41, 5.74) is 2.18. The SMILES string of the molecule is NN(C(=O)c1ccc(C(=O)Nc2ccccc2)cc1)c1ccccc1. The van der Waals surface area contributed by atoms with Crippen molar-refractivity contribution in [1.82, 2.24) is 0 Å². The smallest absolute Gasteiger partial charge is 0.272 e. The van der Waals surface area contributed by atoms with E-state index in [0.717, 1.165) is 5.01 Å². The maximum atomic E-state index is 12.4. The Morgan fingerprint density at radius 3 is 1.84 bits per heavy atom. The Labute approximate surface area is 145 Å². The van der Waals surface area contributed by atoms with Gasteiger partial charge in [0.1, 0.15) is 0 Å². The molecule has 3 rings (SSSR count). The lowest BCUT2D eigenvalue weighted by molar-refractivity contribution is 0.0983. The van der Waals surface area contributed by atoms with Crippen molar-refractivity contribution < 1.29 is 9.59 Å². The molecule has 0 bridgehead atoms. The third kappa shape index (κ3) is 3.91. The van der Waals surface area contributed by atoms with Crippen LogP contribution in [0.3, 0.4) is 0 Å². The Hall–Kier alpha value is -3.44. The van der Waals surface area contributed by atoms with Crippen molar-refractivity contribution in [1.29, 1.82) is 0 Å². The molecule has 0 saturated carbocycles. The zero-order valence-corrected chi connectivity index (χ0v) is 13.4. The first-order chi connectivity index (χ1) is 12.1. The molecule has 124 valence electrons. The second-order valence-electron chi connectivity index (χ2n) is 5.41. The van der Waals surface area contributed by atoms with Crippen LogP contribution in [0.5, 0.6) is 0 Å². The van der Waals surface area contributed by atoms with Crippen LogP contribution in [0.2, 0.25) is 0 Å². The summed E-state index contributed by atoms with van der Waals surface area (Å²) in [5.74, 6) is 5.29. The molecule has 0 saturated heterocycles. The standard InChI is InChI=1S/C20H17N3O2/c21-23(18-9-5-2-6-10-18)20(25)16-13-11-15(12-14-16)19(24)22-17-7-3-1-4-8-17/h1-14H,21H2,(H,22,24). The summed E-state index contributed by atoms with van der Waals surface area (Å²) < 4.78 is 0. The average Bonchev–Trinajstić information content (AvgIpc) is 2.68. The molecule has 5 heteroatoms. The summed E-state index contributed by atoms with van der Waals surface area (Å²) in [6.45, 7) is 0. The van der Waals surface area contributed by atoms with Gasteiger partial charge in [0, 0.05) is 16.8 Å². The van der Waals surface area contributed by atoms with Crippen LogP contribution in [-0.2, 0) is 0 Å². The molecule has 0 atom stereocenters. The van der Waals surface area contributed by atoms with E-state index in [-0.39, 0.29) is 11.8 Å². The fourth-order valence-electron chi connectivity index (χ4n) is 2.33. The Morgan fingerprint density at radius 1 is 0.720 bits per heavy atom. The number of nitrogens with one attached hydrogen (secondary N) is 1. The molecule has 0 heterocycles. The van der Waals surface area contributed by atoms with Gasteiger partial charge >= 0.3 is 0 Å². The molecule has 0 aliphatic carbocycles. The van der Waals surface area contributed by atoms with Gasteiger partial charge in [-0.3, -0.25) is 9.59 Å². The number of hydrogen-bond acceptors (Lipinski definition) is 3. The number of carbonyl (C=O) groups is 2. The van der Waals surface area contributed by atoms with E-state index in [9.17, 15) is 9.59 Å². The molecule has 5 nitrogen and oxygen atoms in total. The molecular weight excluding hydrogens is 314 g/mol. The van der Waals surface area contributed by atoms with Crippen LogP contribution in [-0.4, -0.2) is 11.8 Å². The molecule has 0 aliphatic heterocycles. The van der Waals surface area contributed by atoms with Crippen LogP contribution in [0, 0.1) is 0 Å². The van der Waals surface area contributed by atoms with Crippen molar-refractivity contribution in [3.8, 4) is 0 Å². The Kier molecular flexibility index (Phi) is 4.87. The van der Waals surface area contributed by atoms with Gasteiger partial charge in [0.15, 0.2) is 0 Å². The second kappa shape index (κ2) is 7.42. The molecule has 3 N–H and O–H groups in total. The van der Waals surface area contributed by atoms with E-state index in [1.54, 1.807) is 48.5 Å². The minimum absolute atomic E-state index is 0.238. The second-order valence-corrected chi connectivity index (χ2v) is 5.41. The molecule has 0 unspecified atom stereocenters. The first-order valence-electron chi connectivity index (χ1n) is 7.76. The maximum absolute atomic E-state index is 12.4. The first kappa shape index (κ1) is 16.4. The Morgan fingerprint density at radius 2 is 1.24 bits per heavy atom. The van der Waals surface area contributed by atoms with Crippen LogP contribution < -0.4 is 16.2 Å². The largest absolute Gasteiger partial charge is 0.322 e. The summed E-state index contributed by atoms with van der Waals surface area (Å²) in [7, 11) is 0. The van der Waals surface area contributed by atoms with Crippen molar-refractivity contribution in [3.63, 3.8) is 0 Å². The van der Waals surface area contributed by atoms with Crippen molar-refractivity contribution >= 4 is 23.2 Å². The Balaban J connectivity index is 1.71. The maximum Gasteiger partial charge on any atom is 0.272 e. The molecule has 0 radical (unpaired) electrons. The lowest BCUT2D eigenvalue weighted by Crippen LogP contribution is -2.37. The summed E-state index contributed by atoms with van der Waals surface area (Å²) in [6.07, 6.45) is 0. The highest BCUT2D eigenvalue weighted by atomic mass is 16.2. The van der Waals surface area contributed by atoms with E-state index in [1.807, 2.05) is 36.4 Å². The topological polar surface area (TPSA) is 75.4 Å². The van der Waals surface area contributed by atoms with Crippen molar-refractivity contribution in [2.24, 2.45) is 5.84 Å². The minimum atomic E-state index is -0.346. The van der Waals surface area contributed by atoms with Crippen LogP contribution in [0.1, 0.15) is 20.7 Å². The predicted octanol–water partition coefficient (Wildman–Crippen LogP) is 3.46. The number of rotatable bonds is 4. The van der Waals surface area contributed by atoms with Gasteiger partial charge in [-0.25, -0.2) is 10.9 Å². The van der Waals surface area contributed by atoms with Gasteiger partial charge in [-0.15, -0.1) is 0 Å².